The first-order valence-corrected chi connectivity index (χ1v) is 8.65. The van der Waals surface area contributed by atoms with Crippen molar-refractivity contribution in [3.8, 4) is 10.6 Å². The number of carbonyl (C=O) groups is 1. The Morgan fingerprint density at radius 1 is 1.22 bits per heavy atom. The molecule has 7 heteroatoms. The molecule has 0 fully saturated rings. The van der Waals surface area contributed by atoms with Gasteiger partial charge in [0.25, 0.3) is 0 Å². The highest BCUT2D eigenvalue weighted by Gasteiger charge is 2.11. The number of hydrogen-bond donors (Lipinski definition) is 1. The first-order valence-electron chi connectivity index (χ1n) is 6.95. The van der Waals surface area contributed by atoms with Crippen molar-refractivity contribution in [3.05, 3.63) is 51.7 Å². The molecule has 0 bridgehead atoms. The molecule has 0 atom stereocenters. The summed E-state index contributed by atoms with van der Waals surface area (Å²) >= 11 is 2.90. The van der Waals surface area contributed by atoms with Crippen molar-refractivity contribution in [3.63, 3.8) is 0 Å². The molecule has 4 nitrogen and oxygen atoms in total. The monoisotopic (exact) mass is 347 g/mol. The van der Waals surface area contributed by atoms with Crippen LogP contribution in [-0.2, 0) is 11.2 Å². The topological polar surface area (TPSA) is 54.9 Å². The lowest BCUT2D eigenvalue weighted by atomic mass is 10.2. The average Bonchev–Trinajstić information content (AvgIpc) is 3.07. The van der Waals surface area contributed by atoms with Crippen LogP contribution in [0.2, 0.25) is 0 Å². The normalized spacial score (nSPS) is 10.7. The molecule has 1 N–H and O–H groups in total. The molecule has 0 aliphatic carbocycles. The fraction of sp³-hybridized carbons (Fsp3) is 0.188. The van der Waals surface area contributed by atoms with Gasteiger partial charge in [0, 0.05) is 15.8 Å². The Balaban J connectivity index is 1.66. The van der Waals surface area contributed by atoms with Crippen molar-refractivity contribution in [1.29, 1.82) is 0 Å². The highest BCUT2D eigenvalue weighted by molar-refractivity contribution is 7.15. The van der Waals surface area contributed by atoms with Gasteiger partial charge in [0.05, 0.1) is 17.8 Å². The smallest absolute Gasteiger partial charge is 0.232 e. The number of carbonyl (C=O) groups excluding carboxylic acids is 1. The largest absolute Gasteiger partial charge is 0.302 e. The third-order valence-electron chi connectivity index (χ3n) is 3.26. The summed E-state index contributed by atoms with van der Waals surface area (Å²) < 4.78 is 12.9. The number of benzene rings is 1. The van der Waals surface area contributed by atoms with Crippen LogP contribution in [0.3, 0.4) is 0 Å². The van der Waals surface area contributed by atoms with Crippen LogP contribution in [-0.4, -0.2) is 15.9 Å². The van der Waals surface area contributed by atoms with E-state index in [4.69, 9.17) is 0 Å². The zero-order valence-electron chi connectivity index (χ0n) is 12.6. The number of halogens is 1. The third kappa shape index (κ3) is 3.80. The lowest BCUT2D eigenvalue weighted by Crippen LogP contribution is -2.14. The minimum atomic E-state index is -0.279. The van der Waals surface area contributed by atoms with E-state index < -0.39 is 0 Å². The molecular weight excluding hydrogens is 333 g/mol. The second-order valence-corrected chi connectivity index (χ2v) is 7.10. The second-order valence-electron chi connectivity index (χ2n) is 5.04. The first kappa shape index (κ1) is 15.8. The fourth-order valence-electron chi connectivity index (χ4n) is 1.97. The Bertz CT molecular complexity index is 820. The third-order valence-corrected chi connectivity index (χ3v) is 5.19. The molecule has 1 amide bonds. The predicted molar refractivity (Wildman–Crippen MR) is 91.4 cm³/mol. The van der Waals surface area contributed by atoms with Crippen LogP contribution in [0.1, 0.15) is 16.3 Å². The van der Waals surface area contributed by atoms with Crippen LogP contribution in [0.5, 0.6) is 0 Å². The maximum absolute atomic E-state index is 12.9. The number of amides is 1. The Kier molecular flexibility index (Phi) is 4.49. The van der Waals surface area contributed by atoms with Gasteiger partial charge in [-0.15, -0.1) is 22.7 Å². The molecule has 0 radical (unpaired) electrons. The van der Waals surface area contributed by atoms with Crippen molar-refractivity contribution in [2.75, 3.05) is 5.32 Å². The number of anilines is 1. The number of thiazole rings is 2. The number of aromatic nitrogens is 2. The van der Waals surface area contributed by atoms with Crippen LogP contribution < -0.4 is 5.32 Å². The molecule has 118 valence electrons. The SMILES string of the molecule is Cc1nc(NC(=O)Cc2csc(-c3ccc(F)cc3)n2)sc1C. The quantitative estimate of drug-likeness (QED) is 0.769. The van der Waals surface area contributed by atoms with Crippen LogP contribution in [0, 0.1) is 19.7 Å². The fourth-order valence-corrected chi connectivity index (χ4v) is 3.62. The van der Waals surface area contributed by atoms with E-state index in [-0.39, 0.29) is 18.1 Å². The molecular formula is C16H14FN3OS2. The number of nitrogens with one attached hydrogen (secondary N) is 1. The average molecular weight is 347 g/mol. The number of hydrogen-bond acceptors (Lipinski definition) is 5. The summed E-state index contributed by atoms with van der Waals surface area (Å²) in [5.41, 5.74) is 2.46. The van der Waals surface area contributed by atoms with Gasteiger partial charge in [-0.05, 0) is 38.1 Å². The Morgan fingerprint density at radius 3 is 2.61 bits per heavy atom. The van der Waals surface area contributed by atoms with Gasteiger partial charge in [0.2, 0.25) is 5.91 Å². The molecule has 1 aromatic carbocycles. The standard InChI is InChI=1S/C16H14FN3OS2/c1-9-10(2)23-16(18-9)20-14(21)7-13-8-22-15(19-13)11-3-5-12(17)6-4-11/h3-6,8H,7H2,1-2H3,(H,18,20,21). The second kappa shape index (κ2) is 6.55. The summed E-state index contributed by atoms with van der Waals surface area (Å²) in [4.78, 5) is 21.9. The first-order chi connectivity index (χ1) is 11.0. The summed E-state index contributed by atoms with van der Waals surface area (Å²) in [6.45, 7) is 3.88. The van der Waals surface area contributed by atoms with Crippen molar-refractivity contribution in [2.24, 2.45) is 0 Å². The van der Waals surface area contributed by atoms with Gasteiger partial charge in [0.15, 0.2) is 5.13 Å². The summed E-state index contributed by atoms with van der Waals surface area (Å²) in [5.74, 6) is -0.423. The molecule has 0 aliphatic heterocycles. The van der Waals surface area contributed by atoms with E-state index in [1.807, 2.05) is 19.2 Å². The van der Waals surface area contributed by atoms with E-state index in [1.54, 1.807) is 12.1 Å². The number of nitrogens with zero attached hydrogens (tertiary/aromatic N) is 2. The van der Waals surface area contributed by atoms with Gasteiger partial charge in [-0.3, -0.25) is 4.79 Å². The Hall–Kier alpha value is -2.12. The van der Waals surface area contributed by atoms with E-state index in [2.05, 4.69) is 15.3 Å². The van der Waals surface area contributed by atoms with Crippen LogP contribution >= 0.6 is 22.7 Å². The molecule has 3 aromatic rings. The lowest BCUT2D eigenvalue weighted by molar-refractivity contribution is -0.115. The van der Waals surface area contributed by atoms with Gasteiger partial charge in [-0.1, -0.05) is 0 Å². The molecule has 3 rings (SSSR count). The maximum atomic E-state index is 12.9. The van der Waals surface area contributed by atoms with E-state index >= 15 is 0 Å². The van der Waals surface area contributed by atoms with Gasteiger partial charge in [-0.2, -0.15) is 0 Å². The molecule has 0 spiro atoms. The zero-order chi connectivity index (χ0) is 16.4. The van der Waals surface area contributed by atoms with Crippen molar-refractivity contribution >= 4 is 33.7 Å². The number of rotatable bonds is 4. The van der Waals surface area contributed by atoms with E-state index in [0.717, 1.165) is 21.1 Å². The molecule has 0 saturated heterocycles. The molecule has 2 heterocycles. The van der Waals surface area contributed by atoms with Crippen LogP contribution in [0.4, 0.5) is 9.52 Å². The lowest BCUT2D eigenvalue weighted by Gasteiger charge is -1.99. The maximum Gasteiger partial charge on any atom is 0.232 e. The van der Waals surface area contributed by atoms with E-state index in [9.17, 15) is 9.18 Å². The summed E-state index contributed by atoms with van der Waals surface area (Å²) in [7, 11) is 0. The molecule has 0 unspecified atom stereocenters. The van der Waals surface area contributed by atoms with E-state index in [0.29, 0.717) is 10.8 Å². The highest BCUT2D eigenvalue weighted by atomic mass is 32.1. The zero-order valence-corrected chi connectivity index (χ0v) is 14.2. The summed E-state index contributed by atoms with van der Waals surface area (Å²) in [6.07, 6.45) is 0.190. The predicted octanol–water partition coefficient (Wildman–Crippen LogP) is 4.20. The minimum absolute atomic E-state index is 0.144. The van der Waals surface area contributed by atoms with Gasteiger partial charge in [-0.25, -0.2) is 14.4 Å². The molecule has 23 heavy (non-hydrogen) atoms. The van der Waals surface area contributed by atoms with Crippen LogP contribution in [0.25, 0.3) is 10.6 Å². The summed E-state index contributed by atoms with van der Waals surface area (Å²) in [6, 6.07) is 6.16. The van der Waals surface area contributed by atoms with Gasteiger partial charge < -0.3 is 5.32 Å². The van der Waals surface area contributed by atoms with Crippen LogP contribution in [0.15, 0.2) is 29.6 Å². The van der Waals surface area contributed by atoms with Gasteiger partial charge >= 0.3 is 0 Å². The number of aryl methyl sites for hydroxylation is 2. The van der Waals surface area contributed by atoms with E-state index in [1.165, 1.54) is 34.8 Å². The molecule has 0 saturated carbocycles. The Morgan fingerprint density at radius 2 is 1.96 bits per heavy atom. The van der Waals surface area contributed by atoms with Crippen molar-refractivity contribution in [2.45, 2.75) is 20.3 Å². The van der Waals surface area contributed by atoms with Gasteiger partial charge in [0.1, 0.15) is 10.8 Å². The summed E-state index contributed by atoms with van der Waals surface area (Å²) in [5, 5.41) is 6.02. The Labute approximate surface area is 141 Å². The van der Waals surface area contributed by atoms with Crippen molar-refractivity contribution < 1.29 is 9.18 Å². The molecule has 0 aliphatic rings. The molecule has 2 aromatic heterocycles. The van der Waals surface area contributed by atoms with Crippen molar-refractivity contribution in [1.82, 2.24) is 9.97 Å². The highest BCUT2D eigenvalue weighted by Crippen LogP contribution is 2.25. The minimum Gasteiger partial charge on any atom is -0.302 e.